The molecule has 1 amide bonds. The molecule has 1 aliphatic rings. The highest BCUT2D eigenvalue weighted by molar-refractivity contribution is 5.77. The monoisotopic (exact) mass is 326 g/mol. The van der Waals surface area contributed by atoms with E-state index in [4.69, 9.17) is 4.74 Å². The van der Waals surface area contributed by atoms with E-state index in [2.05, 4.69) is 4.98 Å². The van der Waals surface area contributed by atoms with E-state index in [1.54, 1.807) is 18.2 Å². The van der Waals surface area contributed by atoms with Gasteiger partial charge in [0.05, 0.1) is 19.3 Å². The Kier molecular flexibility index (Phi) is 5.11. The second kappa shape index (κ2) is 7.45. The Bertz CT molecular complexity index is 690. The summed E-state index contributed by atoms with van der Waals surface area (Å²) in [5.41, 5.74) is 1.90. The van der Waals surface area contributed by atoms with Gasteiger partial charge in [0.1, 0.15) is 5.75 Å². The zero-order chi connectivity index (χ0) is 16.9. The molecule has 3 rings (SSSR count). The molecule has 1 N–H and O–H groups in total. The van der Waals surface area contributed by atoms with Gasteiger partial charge in [0.25, 0.3) is 0 Å². The maximum atomic E-state index is 12.7. The summed E-state index contributed by atoms with van der Waals surface area (Å²) in [6.45, 7) is 0.378. The molecule has 1 saturated heterocycles. The van der Waals surface area contributed by atoms with Crippen LogP contribution in [-0.2, 0) is 11.2 Å². The first kappa shape index (κ1) is 16.5. The quantitative estimate of drug-likeness (QED) is 0.916. The number of benzene rings is 1. The third-order valence-corrected chi connectivity index (χ3v) is 4.40. The fraction of sp³-hybridized carbons (Fsp3) is 0.368. The van der Waals surface area contributed by atoms with E-state index in [1.165, 1.54) is 0 Å². The number of likely N-dealkylation sites (tertiary alicyclic amines) is 1. The van der Waals surface area contributed by atoms with Gasteiger partial charge in [-0.05, 0) is 42.7 Å². The fourth-order valence-corrected chi connectivity index (χ4v) is 3.18. The Balaban J connectivity index is 1.71. The van der Waals surface area contributed by atoms with Gasteiger partial charge in [0.2, 0.25) is 5.91 Å². The smallest absolute Gasteiger partial charge is 0.223 e. The molecule has 0 aliphatic carbocycles. The molecule has 1 fully saturated rings. The van der Waals surface area contributed by atoms with Crippen molar-refractivity contribution in [1.29, 1.82) is 0 Å². The van der Waals surface area contributed by atoms with Crippen LogP contribution in [0.3, 0.4) is 0 Å². The number of methoxy groups -OCH3 is 1. The highest BCUT2D eigenvalue weighted by Gasteiger charge is 2.35. The number of aliphatic hydroxyl groups excluding tert-OH is 1. The number of hydrogen-bond donors (Lipinski definition) is 1. The molecule has 24 heavy (non-hydrogen) atoms. The molecular formula is C19H22N2O3. The number of amides is 1. The molecule has 1 aliphatic heterocycles. The topological polar surface area (TPSA) is 62.7 Å². The molecule has 2 heterocycles. The standard InChI is InChI=1S/C19H22N2O3/c1-24-17-7-4-5-14(11-17)18-12-16(22)13-21(18)19(23)9-8-15-6-2-3-10-20-15/h2-7,10-11,16,18,22H,8-9,12-13H2,1H3/t16-,18-/m1/s1. The number of hydrogen-bond acceptors (Lipinski definition) is 4. The second-order valence-electron chi connectivity index (χ2n) is 6.05. The highest BCUT2D eigenvalue weighted by Crippen LogP contribution is 2.34. The molecule has 0 bridgehead atoms. The van der Waals surface area contributed by atoms with Crippen molar-refractivity contribution >= 4 is 5.91 Å². The van der Waals surface area contributed by atoms with Crippen LogP contribution >= 0.6 is 0 Å². The van der Waals surface area contributed by atoms with Crippen LogP contribution in [0.4, 0.5) is 0 Å². The average Bonchev–Trinajstić information content (AvgIpc) is 3.02. The van der Waals surface area contributed by atoms with E-state index in [0.29, 0.717) is 25.8 Å². The molecule has 126 valence electrons. The first-order chi connectivity index (χ1) is 11.7. The molecule has 2 atom stereocenters. The molecule has 5 nitrogen and oxygen atoms in total. The Labute approximate surface area is 141 Å². The molecule has 0 unspecified atom stereocenters. The predicted molar refractivity (Wildman–Crippen MR) is 90.6 cm³/mol. The first-order valence-electron chi connectivity index (χ1n) is 8.19. The zero-order valence-corrected chi connectivity index (χ0v) is 13.8. The van der Waals surface area contributed by atoms with Gasteiger partial charge in [-0.15, -0.1) is 0 Å². The van der Waals surface area contributed by atoms with Crippen molar-refractivity contribution in [2.75, 3.05) is 13.7 Å². The van der Waals surface area contributed by atoms with Crippen LogP contribution in [0.2, 0.25) is 0 Å². The molecule has 0 radical (unpaired) electrons. The molecular weight excluding hydrogens is 304 g/mol. The van der Waals surface area contributed by atoms with Gasteiger partial charge in [-0.1, -0.05) is 18.2 Å². The number of carbonyl (C=O) groups is 1. The summed E-state index contributed by atoms with van der Waals surface area (Å²) in [4.78, 5) is 18.7. The van der Waals surface area contributed by atoms with Crippen molar-refractivity contribution in [2.24, 2.45) is 0 Å². The Morgan fingerprint density at radius 2 is 2.21 bits per heavy atom. The van der Waals surface area contributed by atoms with Crippen molar-refractivity contribution in [3.05, 3.63) is 59.9 Å². The van der Waals surface area contributed by atoms with Crippen LogP contribution in [0.25, 0.3) is 0 Å². The van der Waals surface area contributed by atoms with E-state index in [0.717, 1.165) is 17.0 Å². The van der Waals surface area contributed by atoms with Crippen LogP contribution < -0.4 is 4.74 Å². The number of aromatic nitrogens is 1. The summed E-state index contributed by atoms with van der Waals surface area (Å²) >= 11 is 0. The van der Waals surface area contributed by atoms with Gasteiger partial charge in [0, 0.05) is 24.9 Å². The van der Waals surface area contributed by atoms with Gasteiger partial charge in [-0.2, -0.15) is 0 Å². The molecule has 2 aromatic rings. The van der Waals surface area contributed by atoms with Crippen molar-refractivity contribution in [1.82, 2.24) is 9.88 Å². The van der Waals surface area contributed by atoms with Crippen LogP contribution in [0.15, 0.2) is 48.7 Å². The van der Waals surface area contributed by atoms with Crippen molar-refractivity contribution in [3.8, 4) is 5.75 Å². The lowest BCUT2D eigenvalue weighted by atomic mass is 10.0. The van der Waals surface area contributed by atoms with Crippen LogP contribution in [0, 0.1) is 0 Å². The first-order valence-corrected chi connectivity index (χ1v) is 8.19. The number of rotatable bonds is 5. The zero-order valence-electron chi connectivity index (χ0n) is 13.8. The number of aryl methyl sites for hydroxylation is 1. The highest BCUT2D eigenvalue weighted by atomic mass is 16.5. The lowest BCUT2D eigenvalue weighted by molar-refractivity contribution is -0.132. The number of ether oxygens (including phenoxy) is 1. The van der Waals surface area contributed by atoms with E-state index in [-0.39, 0.29) is 11.9 Å². The Hall–Kier alpha value is -2.40. The number of pyridine rings is 1. The van der Waals surface area contributed by atoms with Gasteiger partial charge >= 0.3 is 0 Å². The number of nitrogens with zero attached hydrogens (tertiary/aromatic N) is 2. The summed E-state index contributed by atoms with van der Waals surface area (Å²) < 4.78 is 5.27. The van der Waals surface area contributed by atoms with E-state index < -0.39 is 6.10 Å². The Morgan fingerprint density at radius 1 is 1.33 bits per heavy atom. The van der Waals surface area contributed by atoms with Crippen LogP contribution in [0.1, 0.15) is 30.1 Å². The minimum atomic E-state index is -0.486. The maximum absolute atomic E-state index is 12.7. The van der Waals surface area contributed by atoms with E-state index >= 15 is 0 Å². The molecule has 0 saturated carbocycles. The van der Waals surface area contributed by atoms with Crippen LogP contribution in [0.5, 0.6) is 5.75 Å². The van der Waals surface area contributed by atoms with E-state index in [1.807, 2.05) is 42.5 Å². The summed E-state index contributed by atoms with van der Waals surface area (Å²) in [7, 11) is 1.62. The second-order valence-corrected chi connectivity index (χ2v) is 6.05. The molecule has 1 aromatic heterocycles. The van der Waals surface area contributed by atoms with Gasteiger partial charge in [0.15, 0.2) is 0 Å². The van der Waals surface area contributed by atoms with Gasteiger partial charge < -0.3 is 14.7 Å². The SMILES string of the molecule is COc1cccc([C@H]2C[C@@H](O)CN2C(=O)CCc2ccccn2)c1. The van der Waals surface area contributed by atoms with Gasteiger partial charge in [-0.25, -0.2) is 0 Å². The predicted octanol–water partition coefficient (Wildman–Crippen LogP) is 2.36. The fourth-order valence-electron chi connectivity index (χ4n) is 3.18. The largest absolute Gasteiger partial charge is 0.497 e. The maximum Gasteiger partial charge on any atom is 0.223 e. The van der Waals surface area contributed by atoms with Crippen molar-refractivity contribution < 1.29 is 14.6 Å². The molecule has 1 aromatic carbocycles. The third kappa shape index (κ3) is 3.74. The van der Waals surface area contributed by atoms with Crippen LogP contribution in [-0.4, -0.2) is 40.7 Å². The minimum Gasteiger partial charge on any atom is -0.497 e. The summed E-state index contributed by atoms with van der Waals surface area (Å²) in [6, 6.07) is 13.3. The van der Waals surface area contributed by atoms with Crippen molar-refractivity contribution in [3.63, 3.8) is 0 Å². The summed E-state index contributed by atoms with van der Waals surface area (Å²) in [6.07, 6.45) is 2.81. The minimum absolute atomic E-state index is 0.0463. The summed E-state index contributed by atoms with van der Waals surface area (Å²) in [5.74, 6) is 0.805. The van der Waals surface area contributed by atoms with Crippen molar-refractivity contribution in [2.45, 2.75) is 31.4 Å². The lowest BCUT2D eigenvalue weighted by Crippen LogP contribution is -2.32. The normalized spacial score (nSPS) is 20.2. The third-order valence-electron chi connectivity index (χ3n) is 4.40. The Morgan fingerprint density at radius 3 is 2.96 bits per heavy atom. The molecule has 5 heteroatoms. The average molecular weight is 326 g/mol. The van der Waals surface area contributed by atoms with Gasteiger partial charge in [-0.3, -0.25) is 9.78 Å². The lowest BCUT2D eigenvalue weighted by Gasteiger charge is -2.25. The number of carbonyl (C=O) groups excluding carboxylic acids is 1. The number of aliphatic hydroxyl groups is 1. The number of β-amino-alcohol motifs (C(OH)–C–C–N with tert-alkyl or cyclic N) is 1. The molecule has 0 spiro atoms. The van der Waals surface area contributed by atoms with E-state index in [9.17, 15) is 9.90 Å². The summed E-state index contributed by atoms with van der Waals surface area (Å²) in [5, 5.41) is 10.1.